The number of aromatic nitrogens is 4. The lowest BCUT2D eigenvalue weighted by molar-refractivity contribution is -0.129. The van der Waals surface area contributed by atoms with Crippen molar-refractivity contribution in [3.05, 3.63) is 70.5 Å². The van der Waals surface area contributed by atoms with Crippen molar-refractivity contribution in [2.24, 2.45) is 0 Å². The summed E-state index contributed by atoms with van der Waals surface area (Å²) in [6.07, 6.45) is 1.18. The monoisotopic (exact) mass is 448 g/mol. The SMILES string of the molecule is Cc1noc(C)c1CC(=O)N1CC[C@H](c2ccc3c(NCc4ccc(F)cc4)n[nH]c3n2)C1. The third-order valence-corrected chi connectivity index (χ3v) is 6.29. The van der Waals surface area contributed by atoms with Crippen LogP contribution in [0.3, 0.4) is 0 Å². The molecule has 1 saturated heterocycles. The van der Waals surface area contributed by atoms with Gasteiger partial charge >= 0.3 is 0 Å². The van der Waals surface area contributed by atoms with Gasteiger partial charge in [-0.15, -0.1) is 0 Å². The van der Waals surface area contributed by atoms with Crippen LogP contribution in [0.15, 0.2) is 40.9 Å². The van der Waals surface area contributed by atoms with Gasteiger partial charge in [-0.05, 0) is 50.1 Å². The molecule has 4 aromatic rings. The highest BCUT2D eigenvalue weighted by Gasteiger charge is 2.29. The molecule has 170 valence electrons. The third-order valence-electron chi connectivity index (χ3n) is 6.29. The first-order valence-corrected chi connectivity index (χ1v) is 11.0. The van der Waals surface area contributed by atoms with E-state index in [2.05, 4.69) is 20.7 Å². The van der Waals surface area contributed by atoms with Crippen molar-refractivity contribution in [2.45, 2.75) is 39.2 Å². The number of likely N-dealkylation sites (tertiary alicyclic amines) is 1. The van der Waals surface area contributed by atoms with E-state index in [0.717, 1.165) is 34.3 Å². The lowest BCUT2D eigenvalue weighted by Gasteiger charge is -2.16. The van der Waals surface area contributed by atoms with Gasteiger partial charge in [0.15, 0.2) is 11.5 Å². The number of aromatic amines is 1. The fourth-order valence-electron chi connectivity index (χ4n) is 4.32. The first-order valence-electron chi connectivity index (χ1n) is 11.0. The summed E-state index contributed by atoms with van der Waals surface area (Å²) in [5.41, 5.74) is 4.26. The van der Waals surface area contributed by atoms with Crippen molar-refractivity contribution in [3.63, 3.8) is 0 Å². The number of nitrogens with zero attached hydrogens (tertiary/aromatic N) is 4. The molecule has 33 heavy (non-hydrogen) atoms. The Labute approximate surface area is 190 Å². The molecule has 8 nitrogen and oxygen atoms in total. The molecule has 0 radical (unpaired) electrons. The average molecular weight is 449 g/mol. The first-order chi connectivity index (χ1) is 16.0. The van der Waals surface area contributed by atoms with Crippen LogP contribution >= 0.6 is 0 Å². The van der Waals surface area contributed by atoms with Crippen LogP contribution in [0.1, 0.15) is 40.6 Å². The van der Waals surface area contributed by atoms with Crippen LogP contribution in [0.4, 0.5) is 10.2 Å². The van der Waals surface area contributed by atoms with Crippen LogP contribution in [-0.4, -0.2) is 44.2 Å². The predicted octanol–water partition coefficient (Wildman–Crippen LogP) is 3.87. The molecule has 1 atom stereocenters. The molecule has 5 rings (SSSR count). The summed E-state index contributed by atoms with van der Waals surface area (Å²) in [7, 11) is 0. The Morgan fingerprint density at radius 1 is 1.24 bits per heavy atom. The predicted molar refractivity (Wildman–Crippen MR) is 121 cm³/mol. The van der Waals surface area contributed by atoms with E-state index in [1.54, 1.807) is 12.1 Å². The highest BCUT2D eigenvalue weighted by atomic mass is 19.1. The van der Waals surface area contributed by atoms with Gasteiger partial charge in [-0.25, -0.2) is 9.37 Å². The van der Waals surface area contributed by atoms with Gasteiger partial charge in [-0.2, -0.15) is 5.10 Å². The van der Waals surface area contributed by atoms with Crippen LogP contribution in [0.2, 0.25) is 0 Å². The van der Waals surface area contributed by atoms with E-state index < -0.39 is 0 Å². The maximum absolute atomic E-state index is 13.1. The minimum atomic E-state index is -0.253. The third kappa shape index (κ3) is 4.30. The van der Waals surface area contributed by atoms with Crippen molar-refractivity contribution >= 4 is 22.8 Å². The highest BCUT2D eigenvalue weighted by Crippen LogP contribution is 2.29. The van der Waals surface area contributed by atoms with E-state index in [0.29, 0.717) is 43.3 Å². The number of hydrogen-bond donors (Lipinski definition) is 2. The van der Waals surface area contributed by atoms with Gasteiger partial charge in [0.05, 0.1) is 17.5 Å². The fourth-order valence-corrected chi connectivity index (χ4v) is 4.32. The lowest BCUT2D eigenvalue weighted by Crippen LogP contribution is -2.30. The van der Waals surface area contributed by atoms with Crippen molar-refractivity contribution in [3.8, 4) is 0 Å². The second kappa shape index (κ2) is 8.65. The molecular weight excluding hydrogens is 423 g/mol. The van der Waals surface area contributed by atoms with Crippen molar-refractivity contribution in [1.82, 2.24) is 25.2 Å². The van der Waals surface area contributed by atoms with Gasteiger partial charge in [-0.1, -0.05) is 17.3 Å². The Bertz CT molecular complexity index is 1280. The summed E-state index contributed by atoms with van der Waals surface area (Å²) in [6, 6.07) is 10.4. The second-order valence-corrected chi connectivity index (χ2v) is 8.49. The van der Waals surface area contributed by atoms with E-state index >= 15 is 0 Å². The number of benzene rings is 1. The van der Waals surface area contributed by atoms with Crippen molar-refractivity contribution in [2.75, 3.05) is 18.4 Å². The number of amides is 1. The molecule has 0 aliphatic carbocycles. The number of hydrogen-bond acceptors (Lipinski definition) is 6. The van der Waals surface area contributed by atoms with Crippen LogP contribution in [0, 0.1) is 19.7 Å². The zero-order valence-corrected chi connectivity index (χ0v) is 18.6. The largest absolute Gasteiger partial charge is 0.364 e. The Hall–Kier alpha value is -3.75. The second-order valence-electron chi connectivity index (χ2n) is 8.49. The molecule has 2 N–H and O–H groups in total. The number of carbonyl (C=O) groups is 1. The Morgan fingerprint density at radius 3 is 2.82 bits per heavy atom. The summed E-state index contributed by atoms with van der Waals surface area (Å²) in [4.78, 5) is 19.5. The van der Waals surface area contributed by atoms with Gasteiger partial charge < -0.3 is 14.7 Å². The molecule has 3 aromatic heterocycles. The van der Waals surface area contributed by atoms with Gasteiger partial charge in [0.2, 0.25) is 5.91 Å². The zero-order valence-electron chi connectivity index (χ0n) is 18.6. The minimum Gasteiger partial charge on any atom is -0.364 e. The quantitative estimate of drug-likeness (QED) is 0.465. The van der Waals surface area contributed by atoms with Gasteiger partial charge in [-0.3, -0.25) is 9.89 Å². The molecule has 4 heterocycles. The summed E-state index contributed by atoms with van der Waals surface area (Å²) >= 11 is 0. The summed E-state index contributed by atoms with van der Waals surface area (Å²) in [5, 5.41) is 15.4. The molecule has 0 unspecified atom stereocenters. The topological polar surface area (TPSA) is 99.9 Å². The highest BCUT2D eigenvalue weighted by molar-refractivity contribution is 5.87. The number of pyridine rings is 1. The van der Waals surface area contributed by atoms with E-state index in [4.69, 9.17) is 9.51 Å². The Balaban J connectivity index is 1.24. The normalized spacial score (nSPS) is 16.0. The number of rotatable bonds is 6. The van der Waals surface area contributed by atoms with Gasteiger partial charge in [0.25, 0.3) is 0 Å². The maximum Gasteiger partial charge on any atom is 0.227 e. The molecule has 0 saturated carbocycles. The van der Waals surface area contributed by atoms with E-state index in [-0.39, 0.29) is 17.6 Å². The average Bonchev–Trinajstić information content (AvgIpc) is 3.54. The minimum absolute atomic E-state index is 0.0850. The first kappa shape index (κ1) is 21.1. The molecule has 0 bridgehead atoms. The number of anilines is 1. The van der Waals surface area contributed by atoms with E-state index in [1.165, 1.54) is 12.1 Å². The molecule has 1 amide bonds. The lowest BCUT2D eigenvalue weighted by atomic mass is 10.0. The smallest absolute Gasteiger partial charge is 0.227 e. The molecule has 1 aliphatic heterocycles. The summed E-state index contributed by atoms with van der Waals surface area (Å²) in [6.45, 7) is 5.58. The summed E-state index contributed by atoms with van der Waals surface area (Å²) < 4.78 is 18.3. The molecule has 0 spiro atoms. The number of H-pyrrole nitrogens is 1. The van der Waals surface area contributed by atoms with Gasteiger partial charge in [0, 0.05) is 36.8 Å². The molecule has 1 aromatic carbocycles. The number of fused-ring (bicyclic) bond motifs is 1. The Morgan fingerprint density at radius 2 is 2.06 bits per heavy atom. The van der Waals surface area contributed by atoms with Crippen molar-refractivity contribution in [1.29, 1.82) is 0 Å². The van der Waals surface area contributed by atoms with Crippen LogP contribution in [-0.2, 0) is 17.8 Å². The van der Waals surface area contributed by atoms with E-state index in [9.17, 15) is 9.18 Å². The molecule has 1 fully saturated rings. The fraction of sp³-hybridized carbons (Fsp3) is 0.333. The van der Waals surface area contributed by atoms with Crippen LogP contribution in [0.25, 0.3) is 11.0 Å². The van der Waals surface area contributed by atoms with Crippen LogP contribution < -0.4 is 5.32 Å². The van der Waals surface area contributed by atoms with E-state index in [1.807, 2.05) is 30.9 Å². The standard InChI is InChI=1S/C24H25FN6O2/c1-14-20(15(2)33-30-14)11-22(32)31-10-9-17(13-31)21-8-7-19-23(28-29-24(19)27-21)26-12-16-3-5-18(25)6-4-16/h3-8,17H,9-13H2,1-2H3,(H2,26,27,28,29)/t17-/m0/s1. The van der Waals surface area contributed by atoms with Crippen LogP contribution in [0.5, 0.6) is 0 Å². The number of carbonyl (C=O) groups excluding carboxylic acids is 1. The summed E-state index contributed by atoms with van der Waals surface area (Å²) in [5.74, 6) is 1.42. The van der Waals surface area contributed by atoms with Crippen molar-refractivity contribution < 1.29 is 13.7 Å². The molecule has 1 aliphatic rings. The maximum atomic E-state index is 13.1. The number of halogens is 1. The Kier molecular flexibility index (Phi) is 5.53. The number of nitrogens with one attached hydrogen (secondary N) is 2. The number of aryl methyl sites for hydroxylation is 2. The molecule has 9 heteroatoms. The zero-order chi connectivity index (χ0) is 22.9. The molecular formula is C24H25FN6O2. The van der Waals surface area contributed by atoms with Gasteiger partial charge in [0.1, 0.15) is 11.6 Å².